The molecule has 7 aliphatic rings. The van der Waals surface area contributed by atoms with E-state index in [1.807, 2.05) is 13.8 Å². The topological polar surface area (TPSA) is 199 Å². The van der Waals surface area contributed by atoms with E-state index in [4.69, 9.17) is 18.9 Å². The molecule has 4 aliphatic carbocycles. The Bertz CT molecular complexity index is 1130. The van der Waals surface area contributed by atoms with Gasteiger partial charge in [0, 0.05) is 30.1 Å². The standard InChI is InChI=1S/C33H54O12/c1-14-13-42-33(10-19(14)35)15(2)25-21(45-33)8-18-16-7-24(37)32(41)9-20(36)22(11-31(32,4)17(16)5-6-30(18,25)3)43-29-28(40)27(39)26(38)23(12-34)44-29/h14-29,34-41H,5-13H2,1-4H3/t14-,15?,16+,17-,18-,19-,20+,21?,22+,23+,24+,25?,26+,27-,28+,29+,30-,31+,32-,33+/m0/s1. The van der Waals surface area contributed by atoms with Gasteiger partial charge in [-0.25, -0.2) is 0 Å². The number of hydrogen-bond donors (Lipinski definition) is 8. The molecule has 0 aromatic rings. The summed E-state index contributed by atoms with van der Waals surface area (Å²) in [6.45, 7) is 8.40. The van der Waals surface area contributed by atoms with Gasteiger partial charge in [0.15, 0.2) is 12.1 Å². The molecular weight excluding hydrogens is 588 g/mol. The molecule has 258 valence electrons. The largest absolute Gasteiger partial charge is 0.394 e. The van der Waals surface area contributed by atoms with E-state index in [0.29, 0.717) is 19.4 Å². The lowest BCUT2D eigenvalue weighted by molar-refractivity contribution is -0.339. The fourth-order valence-electron chi connectivity index (χ4n) is 11.8. The second-order valence-corrected chi connectivity index (χ2v) is 16.4. The first-order chi connectivity index (χ1) is 21.1. The highest BCUT2D eigenvalue weighted by molar-refractivity contribution is 5.20. The van der Waals surface area contributed by atoms with Gasteiger partial charge in [-0.3, -0.25) is 0 Å². The van der Waals surface area contributed by atoms with Crippen LogP contribution < -0.4 is 0 Å². The maximum Gasteiger partial charge on any atom is 0.187 e. The molecule has 3 saturated heterocycles. The molecule has 7 fully saturated rings. The van der Waals surface area contributed by atoms with Gasteiger partial charge < -0.3 is 59.8 Å². The summed E-state index contributed by atoms with van der Waals surface area (Å²) in [6.07, 6.45) is -7.40. The van der Waals surface area contributed by atoms with Gasteiger partial charge in [-0.05, 0) is 61.2 Å². The zero-order valence-electron chi connectivity index (χ0n) is 26.8. The number of rotatable bonds is 3. The Morgan fingerprint density at radius 2 is 1.60 bits per heavy atom. The molecule has 4 saturated carbocycles. The molecule has 0 amide bonds. The van der Waals surface area contributed by atoms with Gasteiger partial charge in [0.05, 0.1) is 49.3 Å². The van der Waals surface area contributed by atoms with Gasteiger partial charge >= 0.3 is 0 Å². The van der Waals surface area contributed by atoms with Crippen molar-refractivity contribution in [1.29, 1.82) is 0 Å². The predicted molar refractivity (Wildman–Crippen MR) is 156 cm³/mol. The molecule has 3 aliphatic heterocycles. The first-order valence-electron chi connectivity index (χ1n) is 17.1. The van der Waals surface area contributed by atoms with Gasteiger partial charge in [-0.15, -0.1) is 0 Å². The van der Waals surface area contributed by atoms with E-state index in [1.54, 1.807) is 0 Å². The van der Waals surface area contributed by atoms with Crippen molar-refractivity contribution < 1.29 is 59.8 Å². The summed E-state index contributed by atoms with van der Waals surface area (Å²) in [5.74, 6) is -0.0125. The van der Waals surface area contributed by atoms with Gasteiger partial charge in [0.1, 0.15) is 24.4 Å². The number of hydrogen-bond acceptors (Lipinski definition) is 12. The van der Waals surface area contributed by atoms with Crippen molar-refractivity contribution in [2.75, 3.05) is 13.2 Å². The van der Waals surface area contributed by atoms with E-state index < -0.39 is 78.5 Å². The minimum absolute atomic E-state index is 0.0180. The van der Waals surface area contributed by atoms with Crippen LogP contribution in [-0.4, -0.2) is 127 Å². The van der Waals surface area contributed by atoms with Crippen LogP contribution in [0.3, 0.4) is 0 Å². The van der Waals surface area contributed by atoms with Crippen LogP contribution >= 0.6 is 0 Å². The molecule has 12 heteroatoms. The quantitative estimate of drug-likeness (QED) is 0.187. The van der Waals surface area contributed by atoms with Crippen LogP contribution in [0.1, 0.15) is 72.6 Å². The van der Waals surface area contributed by atoms with E-state index in [9.17, 15) is 40.9 Å². The Morgan fingerprint density at radius 1 is 0.867 bits per heavy atom. The Balaban J connectivity index is 1.13. The monoisotopic (exact) mass is 642 g/mol. The third kappa shape index (κ3) is 4.54. The minimum atomic E-state index is -1.61. The Labute approximate surface area is 264 Å². The maximum absolute atomic E-state index is 12.2. The van der Waals surface area contributed by atoms with Crippen LogP contribution in [-0.2, 0) is 18.9 Å². The zero-order chi connectivity index (χ0) is 32.4. The summed E-state index contributed by atoms with van der Waals surface area (Å²) in [5, 5.41) is 86.5. The summed E-state index contributed by atoms with van der Waals surface area (Å²) >= 11 is 0. The SMILES string of the molecule is CC1C2C(C[C@H]3[C@@H]4C[C@@H](O)[C@@]5(O)C[C@@H](O)[C@H](O[C@@H]6O[C@H](CO)[C@@H](O)[C@H](O)[C@H]6O)C[C@]5(C)[C@H]4CC[C@]23C)O[C@]12C[C@H](O)[C@@H](C)CO2. The smallest absolute Gasteiger partial charge is 0.187 e. The van der Waals surface area contributed by atoms with Crippen LogP contribution in [0.4, 0.5) is 0 Å². The second-order valence-electron chi connectivity index (χ2n) is 16.4. The summed E-state index contributed by atoms with van der Waals surface area (Å²) in [4.78, 5) is 0. The van der Waals surface area contributed by atoms with E-state index in [2.05, 4.69) is 13.8 Å². The van der Waals surface area contributed by atoms with Gasteiger partial charge in [-0.1, -0.05) is 27.7 Å². The molecule has 20 atom stereocenters. The first-order valence-corrected chi connectivity index (χ1v) is 17.1. The molecule has 3 unspecified atom stereocenters. The van der Waals surface area contributed by atoms with Crippen LogP contribution in [0.5, 0.6) is 0 Å². The van der Waals surface area contributed by atoms with Crippen LogP contribution in [0.2, 0.25) is 0 Å². The number of ether oxygens (including phenoxy) is 4. The lowest BCUT2D eigenvalue weighted by Gasteiger charge is -2.66. The third-order valence-corrected chi connectivity index (χ3v) is 14.4. The lowest BCUT2D eigenvalue weighted by atomic mass is 9.42. The molecule has 7 rings (SSSR count). The Kier molecular flexibility index (Phi) is 8.09. The van der Waals surface area contributed by atoms with Crippen molar-refractivity contribution in [2.24, 2.45) is 46.3 Å². The average Bonchev–Trinajstić information content (AvgIpc) is 3.43. The Morgan fingerprint density at radius 3 is 2.29 bits per heavy atom. The molecule has 8 N–H and O–H groups in total. The molecule has 45 heavy (non-hydrogen) atoms. The number of fused-ring (bicyclic) bond motifs is 7. The molecule has 0 bridgehead atoms. The molecule has 0 aromatic heterocycles. The highest BCUT2D eigenvalue weighted by Crippen LogP contribution is 2.72. The van der Waals surface area contributed by atoms with E-state index >= 15 is 0 Å². The predicted octanol–water partition coefficient (Wildman–Crippen LogP) is -0.355. The van der Waals surface area contributed by atoms with E-state index in [1.165, 1.54) is 0 Å². The van der Waals surface area contributed by atoms with Crippen molar-refractivity contribution in [3.8, 4) is 0 Å². The molecule has 0 radical (unpaired) electrons. The summed E-state index contributed by atoms with van der Waals surface area (Å²) in [6, 6.07) is 0. The fourth-order valence-corrected chi connectivity index (χ4v) is 11.8. The van der Waals surface area contributed by atoms with Gasteiger partial charge in [0.2, 0.25) is 0 Å². The van der Waals surface area contributed by atoms with Crippen molar-refractivity contribution in [1.82, 2.24) is 0 Å². The van der Waals surface area contributed by atoms with E-state index in [0.717, 1.165) is 19.3 Å². The second kappa shape index (κ2) is 11.0. The van der Waals surface area contributed by atoms with Crippen LogP contribution in [0, 0.1) is 46.3 Å². The zero-order valence-corrected chi connectivity index (χ0v) is 26.8. The average molecular weight is 643 g/mol. The summed E-state index contributed by atoms with van der Waals surface area (Å²) in [7, 11) is 0. The molecule has 0 aromatic carbocycles. The summed E-state index contributed by atoms with van der Waals surface area (Å²) in [5.41, 5.74) is -2.47. The Hall–Kier alpha value is -0.480. The third-order valence-electron chi connectivity index (χ3n) is 14.4. The molecular formula is C33H54O12. The van der Waals surface area contributed by atoms with Gasteiger partial charge in [-0.2, -0.15) is 0 Å². The molecule has 1 spiro atoms. The highest BCUT2D eigenvalue weighted by Gasteiger charge is 2.73. The van der Waals surface area contributed by atoms with Crippen molar-refractivity contribution >= 4 is 0 Å². The van der Waals surface area contributed by atoms with Crippen molar-refractivity contribution in [3.63, 3.8) is 0 Å². The first kappa shape index (κ1) is 33.0. The lowest BCUT2D eigenvalue weighted by Crippen LogP contribution is -2.71. The molecule has 3 heterocycles. The minimum Gasteiger partial charge on any atom is -0.394 e. The van der Waals surface area contributed by atoms with Crippen molar-refractivity contribution in [2.45, 2.75) is 145 Å². The van der Waals surface area contributed by atoms with Gasteiger partial charge in [0.25, 0.3) is 0 Å². The van der Waals surface area contributed by atoms with E-state index in [-0.39, 0.29) is 59.9 Å². The van der Waals surface area contributed by atoms with Crippen LogP contribution in [0.15, 0.2) is 0 Å². The fraction of sp³-hybridized carbons (Fsp3) is 1.00. The summed E-state index contributed by atoms with van der Waals surface area (Å²) < 4.78 is 24.8. The number of aliphatic hydroxyl groups is 8. The normalized spacial score (nSPS) is 62.7. The number of aliphatic hydroxyl groups excluding tert-OH is 7. The highest BCUT2D eigenvalue weighted by atomic mass is 16.7. The maximum atomic E-state index is 12.2. The van der Waals surface area contributed by atoms with Crippen molar-refractivity contribution in [3.05, 3.63) is 0 Å². The molecule has 12 nitrogen and oxygen atoms in total. The van der Waals surface area contributed by atoms with Crippen LogP contribution in [0.25, 0.3) is 0 Å².